The molecule has 61 heavy (non-hydrogen) atoms. The number of hydrogen-bond acceptors (Lipinski definition) is 11. The molecule has 19 heteroatoms. The van der Waals surface area contributed by atoms with Gasteiger partial charge < -0.3 is 40.5 Å². The van der Waals surface area contributed by atoms with Crippen LogP contribution < -0.4 is 21.3 Å². The van der Waals surface area contributed by atoms with Gasteiger partial charge in [-0.25, -0.2) is 9.97 Å². The summed E-state index contributed by atoms with van der Waals surface area (Å²) in [5, 5.41) is 11.9. The maximum atomic E-state index is 13.3. The van der Waals surface area contributed by atoms with E-state index in [-0.39, 0.29) is 96.9 Å². The van der Waals surface area contributed by atoms with Gasteiger partial charge in [0.15, 0.2) is 0 Å². The Morgan fingerprint density at radius 2 is 1.66 bits per heavy atom. The number of likely N-dealkylation sites (tertiary alicyclic amines) is 2. The zero-order valence-electron chi connectivity index (χ0n) is 34.0. The molecule has 5 amide bonds. The molecule has 1 aromatic carbocycles. The number of nitrogens with one attached hydrogen (secondary N) is 4. The Balaban J connectivity index is 0.711. The van der Waals surface area contributed by atoms with E-state index in [1.54, 1.807) is 35.3 Å². The zero-order valence-corrected chi connectivity index (χ0v) is 34.0. The summed E-state index contributed by atoms with van der Waals surface area (Å²) in [6, 6.07) is 5.75. The van der Waals surface area contributed by atoms with Gasteiger partial charge in [0.2, 0.25) is 29.5 Å². The van der Waals surface area contributed by atoms with Crippen molar-refractivity contribution in [3.63, 3.8) is 0 Å². The molecule has 0 radical (unpaired) electrons. The van der Waals surface area contributed by atoms with E-state index in [4.69, 9.17) is 9.47 Å². The summed E-state index contributed by atoms with van der Waals surface area (Å²) >= 11 is 0. The van der Waals surface area contributed by atoms with Gasteiger partial charge in [-0.1, -0.05) is 6.07 Å². The van der Waals surface area contributed by atoms with Crippen LogP contribution in [0, 0.1) is 11.8 Å². The molecule has 328 valence electrons. The van der Waals surface area contributed by atoms with Gasteiger partial charge in [-0.2, -0.15) is 13.2 Å². The standard InChI is InChI=1S/C42H52F3N9O7/c1-53-36(56)22-32(37(53)25-3-2-12-46-23-25)40(58)48-14-18-61-30-7-5-29(6-8-30)60-17-11-35(55)51-28-19-26(20-28)39(57)47-13-16-54-15-10-34(41(54)59)52-38-31-21-27(42(43,44)45)4-9-33(31)49-24-50-38/h2-4,9,12,21,23-24,26,28-30,32,34,37H,5-8,10-11,13-20,22H2,1H3,(H,47,57)(H,48,58)(H,51,55)(H,49,50,52)/t26?,28?,29?,30?,32-,34-,37+/m0/s1. The Morgan fingerprint density at radius 3 is 2.38 bits per heavy atom. The number of halogens is 3. The Morgan fingerprint density at radius 1 is 0.918 bits per heavy atom. The maximum Gasteiger partial charge on any atom is 0.416 e. The van der Waals surface area contributed by atoms with E-state index >= 15 is 0 Å². The van der Waals surface area contributed by atoms with Gasteiger partial charge in [0, 0.05) is 75.8 Å². The number of rotatable bonds is 17. The van der Waals surface area contributed by atoms with Crippen molar-refractivity contribution < 1.29 is 46.6 Å². The highest BCUT2D eigenvalue weighted by molar-refractivity contribution is 5.93. The number of hydrogen-bond donors (Lipinski definition) is 4. The Kier molecular flexibility index (Phi) is 14.0. The van der Waals surface area contributed by atoms with Gasteiger partial charge in [0.05, 0.1) is 48.5 Å². The fourth-order valence-electron chi connectivity index (χ4n) is 8.64. The fraction of sp³-hybridized carbons (Fsp3) is 0.571. The van der Waals surface area contributed by atoms with Crippen LogP contribution in [0.3, 0.4) is 0 Å². The van der Waals surface area contributed by atoms with Crippen LogP contribution in [-0.4, -0.2) is 125 Å². The van der Waals surface area contributed by atoms with E-state index in [1.165, 1.54) is 12.4 Å². The van der Waals surface area contributed by atoms with Crippen LogP contribution in [0.15, 0.2) is 49.1 Å². The molecule has 2 saturated carbocycles. The van der Waals surface area contributed by atoms with Gasteiger partial charge in [-0.15, -0.1) is 0 Å². The molecule has 2 aliphatic heterocycles. The molecule has 2 aliphatic carbocycles. The number of pyridine rings is 1. The normalized spacial score (nSPS) is 25.3. The molecular formula is C42H52F3N9O7. The lowest BCUT2D eigenvalue weighted by Crippen LogP contribution is -2.50. The summed E-state index contributed by atoms with van der Waals surface area (Å²) in [5.74, 6) is -1.33. The summed E-state index contributed by atoms with van der Waals surface area (Å²) in [7, 11) is 1.71. The highest BCUT2D eigenvalue weighted by Gasteiger charge is 2.43. The number of amides is 5. The van der Waals surface area contributed by atoms with Crippen molar-refractivity contribution in [1.29, 1.82) is 0 Å². The van der Waals surface area contributed by atoms with E-state index in [9.17, 15) is 37.1 Å². The van der Waals surface area contributed by atoms with Crippen molar-refractivity contribution in [2.45, 2.75) is 94.3 Å². The molecule has 0 bridgehead atoms. The lowest BCUT2D eigenvalue weighted by Gasteiger charge is -2.35. The minimum absolute atomic E-state index is 0.0392. The van der Waals surface area contributed by atoms with Gasteiger partial charge in [-0.05, 0) is 74.8 Å². The lowest BCUT2D eigenvalue weighted by atomic mass is 9.79. The number of carbonyl (C=O) groups excluding carboxylic acids is 5. The number of ether oxygens (including phenoxy) is 2. The van der Waals surface area contributed by atoms with Crippen molar-refractivity contribution in [1.82, 2.24) is 40.7 Å². The quantitative estimate of drug-likeness (QED) is 0.146. The SMILES string of the molecule is CN1C(=O)C[C@H](C(=O)NCCOC2CCC(OCCC(=O)NC3CC(C(=O)NCCN4CC[C@H](Nc5ncnc6ccc(C(F)(F)F)cc56)C4=O)C3)CC2)[C@H]1c1cccnc1. The van der Waals surface area contributed by atoms with Crippen LogP contribution in [0.2, 0.25) is 0 Å². The third-order valence-corrected chi connectivity index (χ3v) is 12.1. The first kappa shape index (κ1) is 43.7. The third-order valence-electron chi connectivity index (χ3n) is 12.1. The summed E-state index contributed by atoms with van der Waals surface area (Å²) in [6.07, 6.45) is 5.22. The van der Waals surface area contributed by atoms with E-state index in [0.717, 1.165) is 43.4 Å². The van der Waals surface area contributed by atoms with Crippen LogP contribution >= 0.6 is 0 Å². The highest BCUT2D eigenvalue weighted by Crippen LogP contribution is 2.37. The Bertz CT molecular complexity index is 2050. The van der Waals surface area contributed by atoms with Crippen LogP contribution in [0.1, 0.15) is 75.0 Å². The second-order valence-corrected chi connectivity index (χ2v) is 16.2. The molecule has 4 heterocycles. The molecule has 3 atom stereocenters. The van der Waals surface area contributed by atoms with E-state index in [1.807, 2.05) is 6.07 Å². The van der Waals surface area contributed by atoms with Crippen LogP contribution in [0.25, 0.3) is 10.9 Å². The first-order chi connectivity index (χ1) is 29.3. The molecule has 0 unspecified atom stereocenters. The third kappa shape index (κ3) is 10.9. The van der Waals surface area contributed by atoms with Gasteiger partial charge in [0.1, 0.15) is 18.2 Å². The number of carbonyl (C=O) groups is 5. The molecule has 16 nitrogen and oxygen atoms in total. The minimum Gasteiger partial charge on any atom is -0.378 e. The van der Waals surface area contributed by atoms with E-state index in [2.05, 4.69) is 36.2 Å². The first-order valence-corrected chi connectivity index (χ1v) is 20.9. The maximum absolute atomic E-state index is 13.3. The van der Waals surface area contributed by atoms with E-state index in [0.29, 0.717) is 51.1 Å². The monoisotopic (exact) mass is 851 g/mol. The molecule has 3 aromatic rings. The van der Waals surface area contributed by atoms with E-state index < -0.39 is 23.7 Å². The first-order valence-electron chi connectivity index (χ1n) is 20.9. The molecule has 4 N–H and O–H groups in total. The molecule has 2 aromatic heterocycles. The smallest absolute Gasteiger partial charge is 0.378 e. The zero-order chi connectivity index (χ0) is 43.1. The topological polar surface area (TPSA) is 197 Å². The van der Waals surface area contributed by atoms with Gasteiger partial charge in [0.25, 0.3) is 0 Å². The van der Waals surface area contributed by atoms with Crippen molar-refractivity contribution in [3.8, 4) is 0 Å². The van der Waals surface area contributed by atoms with Crippen LogP contribution in [0.5, 0.6) is 0 Å². The lowest BCUT2D eigenvalue weighted by molar-refractivity contribution is -0.137. The number of benzene rings is 1. The second kappa shape index (κ2) is 19.5. The number of nitrogens with zero attached hydrogens (tertiary/aromatic N) is 5. The average Bonchev–Trinajstić information content (AvgIpc) is 3.73. The van der Waals surface area contributed by atoms with Crippen molar-refractivity contribution in [3.05, 3.63) is 60.2 Å². The largest absolute Gasteiger partial charge is 0.416 e. The summed E-state index contributed by atoms with van der Waals surface area (Å²) in [6.45, 7) is 1.96. The number of aromatic nitrogens is 3. The Labute approximate surface area is 351 Å². The predicted octanol–water partition coefficient (Wildman–Crippen LogP) is 3.14. The molecule has 7 rings (SSSR count). The molecule has 2 saturated heterocycles. The molecule has 4 fully saturated rings. The van der Waals surface area contributed by atoms with Gasteiger partial charge >= 0.3 is 6.18 Å². The summed E-state index contributed by atoms with van der Waals surface area (Å²) in [5.41, 5.74) is 0.320. The molecule has 4 aliphatic rings. The minimum atomic E-state index is -4.53. The highest BCUT2D eigenvalue weighted by atomic mass is 19.4. The second-order valence-electron chi connectivity index (χ2n) is 16.2. The molecule has 0 spiro atoms. The Hall–Kier alpha value is -5.43. The summed E-state index contributed by atoms with van der Waals surface area (Å²) < 4.78 is 51.9. The fourth-order valence-corrected chi connectivity index (χ4v) is 8.64. The van der Waals surface area contributed by atoms with Crippen LogP contribution in [0.4, 0.5) is 19.0 Å². The van der Waals surface area contributed by atoms with Crippen LogP contribution in [-0.2, 0) is 39.6 Å². The van der Waals surface area contributed by atoms with Crippen molar-refractivity contribution in [2.24, 2.45) is 11.8 Å². The summed E-state index contributed by atoms with van der Waals surface area (Å²) in [4.78, 5) is 79.3. The number of alkyl halides is 3. The molecular weight excluding hydrogens is 800 g/mol. The van der Waals surface area contributed by atoms with Crippen molar-refractivity contribution >= 4 is 46.3 Å². The van der Waals surface area contributed by atoms with Crippen molar-refractivity contribution in [2.75, 3.05) is 51.8 Å². The number of fused-ring (bicyclic) bond motifs is 1. The number of anilines is 1. The van der Waals surface area contributed by atoms with Gasteiger partial charge in [-0.3, -0.25) is 29.0 Å². The predicted molar refractivity (Wildman–Crippen MR) is 214 cm³/mol. The average molecular weight is 852 g/mol.